The molecule has 2 heterocycles. The largest absolute Gasteiger partial charge is 0.356 e. The van der Waals surface area contributed by atoms with E-state index in [2.05, 4.69) is 45.2 Å². The van der Waals surface area contributed by atoms with Gasteiger partial charge in [-0.05, 0) is 55.1 Å². The second-order valence-corrected chi connectivity index (χ2v) is 8.15. The Morgan fingerprint density at radius 3 is 2.48 bits per heavy atom. The molecule has 0 radical (unpaired) electrons. The minimum absolute atomic E-state index is 0. The maximum Gasteiger partial charge on any atom is 0.132 e. The molecular formula is C21H28Cl2N4. The van der Waals surface area contributed by atoms with Gasteiger partial charge in [-0.2, -0.15) is 0 Å². The predicted octanol–water partition coefficient (Wildman–Crippen LogP) is 4.01. The maximum atomic E-state index is 5.94. The highest BCUT2D eigenvalue weighted by atomic mass is 35.5. The first kappa shape index (κ1) is 20.4. The standard InChI is InChI=1S/C21H26N4.2ClH/c22-17-11-16(12-17)19-13-20(24-14-23-19)25-9-7-21(8-10-25)6-5-15-3-1-2-4-18(15)21;;/h1-4,13-14,16-17H,5-12,22H2;2*1H. The molecule has 0 atom stereocenters. The summed E-state index contributed by atoms with van der Waals surface area (Å²) in [4.78, 5) is 11.5. The molecule has 27 heavy (non-hydrogen) atoms. The van der Waals surface area contributed by atoms with Gasteiger partial charge >= 0.3 is 0 Å². The zero-order valence-corrected chi connectivity index (χ0v) is 17.1. The van der Waals surface area contributed by atoms with Crippen LogP contribution in [0.4, 0.5) is 5.82 Å². The second-order valence-electron chi connectivity index (χ2n) is 8.15. The van der Waals surface area contributed by atoms with Gasteiger partial charge in [-0.15, -0.1) is 24.8 Å². The Hall–Kier alpha value is -1.36. The Morgan fingerprint density at radius 1 is 1.00 bits per heavy atom. The summed E-state index contributed by atoms with van der Waals surface area (Å²) in [6.45, 7) is 2.18. The lowest BCUT2D eigenvalue weighted by atomic mass is 9.74. The van der Waals surface area contributed by atoms with Crippen LogP contribution < -0.4 is 10.6 Å². The third-order valence-corrected chi connectivity index (χ3v) is 6.77. The number of hydrogen-bond acceptors (Lipinski definition) is 4. The van der Waals surface area contributed by atoms with E-state index in [-0.39, 0.29) is 24.8 Å². The van der Waals surface area contributed by atoms with Crippen molar-refractivity contribution in [3.63, 3.8) is 0 Å². The Morgan fingerprint density at radius 2 is 1.74 bits per heavy atom. The summed E-state index contributed by atoms with van der Waals surface area (Å²) >= 11 is 0. The van der Waals surface area contributed by atoms with Gasteiger partial charge in [0.2, 0.25) is 0 Å². The van der Waals surface area contributed by atoms with Gasteiger partial charge in [0.05, 0.1) is 0 Å². The van der Waals surface area contributed by atoms with Gasteiger partial charge in [0.1, 0.15) is 12.1 Å². The first-order valence-corrected chi connectivity index (χ1v) is 9.64. The van der Waals surface area contributed by atoms with E-state index < -0.39 is 0 Å². The van der Waals surface area contributed by atoms with Crippen LogP contribution >= 0.6 is 24.8 Å². The van der Waals surface area contributed by atoms with Crippen LogP contribution in [0.3, 0.4) is 0 Å². The zero-order valence-electron chi connectivity index (χ0n) is 15.5. The molecule has 1 aliphatic heterocycles. The minimum atomic E-state index is 0. The third kappa shape index (κ3) is 3.55. The molecule has 2 fully saturated rings. The summed E-state index contributed by atoms with van der Waals surface area (Å²) in [5.41, 5.74) is 10.7. The molecule has 0 bridgehead atoms. The molecular weight excluding hydrogens is 379 g/mol. The molecule has 2 aliphatic carbocycles. The summed E-state index contributed by atoms with van der Waals surface area (Å²) in [6, 6.07) is 11.6. The van der Waals surface area contributed by atoms with Crippen molar-refractivity contribution in [1.29, 1.82) is 0 Å². The van der Waals surface area contributed by atoms with Crippen molar-refractivity contribution < 1.29 is 0 Å². The first-order valence-electron chi connectivity index (χ1n) is 9.64. The average Bonchev–Trinajstić information content (AvgIpc) is 2.99. The molecule has 0 amide bonds. The quantitative estimate of drug-likeness (QED) is 0.818. The van der Waals surface area contributed by atoms with E-state index in [0.29, 0.717) is 17.4 Å². The fourth-order valence-corrected chi connectivity index (χ4v) is 5.11. The number of aromatic nitrogens is 2. The average molecular weight is 407 g/mol. The van der Waals surface area contributed by atoms with Crippen LogP contribution in [0, 0.1) is 0 Å². The summed E-state index contributed by atoms with van der Waals surface area (Å²) < 4.78 is 0. The molecule has 3 aliphatic rings. The van der Waals surface area contributed by atoms with Crippen LogP contribution in [0.2, 0.25) is 0 Å². The molecule has 6 heteroatoms. The maximum absolute atomic E-state index is 5.94. The SMILES string of the molecule is Cl.Cl.NC1CC(c2cc(N3CCC4(CCc5ccccc54)CC3)ncn2)C1. The lowest BCUT2D eigenvalue weighted by Crippen LogP contribution is -2.42. The Bertz CT molecular complexity index is 783. The van der Waals surface area contributed by atoms with E-state index in [4.69, 9.17) is 5.73 Å². The molecule has 1 aromatic heterocycles. The zero-order chi connectivity index (χ0) is 16.9. The van der Waals surface area contributed by atoms with E-state index in [1.54, 1.807) is 17.5 Å². The van der Waals surface area contributed by atoms with Gasteiger partial charge in [0.15, 0.2) is 0 Å². The van der Waals surface area contributed by atoms with Crippen molar-refractivity contribution in [3.8, 4) is 0 Å². The van der Waals surface area contributed by atoms with Crippen molar-refractivity contribution in [2.24, 2.45) is 5.73 Å². The number of hydrogen-bond donors (Lipinski definition) is 1. The normalized spacial score (nSPS) is 25.1. The lowest BCUT2D eigenvalue weighted by Gasteiger charge is -2.41. The molecule has 0 unspecified atom stereocenters. The predicted molar refractivity (Wildman–Crippen MR) is 114 cm³/mol. The Kier molecular flexibility index (Phi) is 5.99. The van der Waals surface area contributed by atoms with Crippen LogP contribution in [0.1, 0.15) is 54.8 Å². The van der Waals surface area contributed by atoms with E-state index in [1.807, 2.05) is 0 Å². The van der Waals surface area contributed by atoms with E-state index in [9.17, 15) is 0 Å². The number of anilines is 1. The van der Waals surface area contributed by atoms with Crippen molar-refractivity contribution in [1.82, 2.24) is 9.97 Å². The molecule has 1 aromatic carbocycles. The highest BCUT2D eigenvalue weighted by Gasteiger charge is 2.41. The molecule has 1 saturated heterocycles. The number of aryl methyl sites for hydroxylation is 1. The number of nitrogens with zero attached hydrogens (tertiary/aromatic N) is 3. The molecule has 2 N–H and O–H groups in total. The van der Waals surface area contributed by atoms with Gasteiger partial charge in [0.25, 0.3) is 0 Å². The molecule has 146 valence electrons. The number of halogens is 2. The highest BCUT2D eigenvalue weighted by molar-refractivity contribution is 5.85. The van der Waals surface area contributed by atoms with Crippen LogP contribution in [-0.2, 0) is 11.8 Å². The van der Waals surface area contributed by atoms with Crippen molar-refractivity contribution in [2.45, 2.75) is 55.9 Å². The lowest BCUT2D eigenvalue weighted by molar-refractivity contribution is 0.328. The van der Waals surface area contributed by atoms with Gasteiger partial charge < -0.3 is 10.6 Å². The summed E-state index contributed by atoms with van der Waals surface area (Å²) in [5.74, 6) is 1.64. The van der Waals surface area contributed by atoms with Crippen LogP contribution in [-0.4, -0.2) is 29.1 Å². The van der Waals surface area contributed by atoms with E-state index in [0.717, 1.165) is 31.7 Å². The fraction of sp³-hybridized carbons (Fsp3) is 0.524. The van der Waals surface area contributed by atoms with Crippen LogP contribution in [0.15, 0.2) is 36.7 Å². The monoisotopic (exact) mass is 406 g/mol. The summed E-state index contributed by atoms with van der Waals surface area (Å²) in [6.07, 6.45) is 8.90. The third-order valence-electron chi connectivity index (χ3n) is 6.77. The molecule has 5 rings (SSSR count). The van der Waals surface area contributed by atoms with Gasteiger partial charge in [-0.3, -0.25) is 0 Å². The minimum Gasteiger partial charge on any atom is -0.356 e. The topological polar surface area (TPSA) is 55.0 Å². The van der Waals surface area contributed by atoms with Crippen molar-refractivity contribution >= 4 is 30.6 Å². The number of piperidine rings is 1. The number of rotatable bonds is 2. The van der Waals surface area contributed by atoms with E-state index in [1.165, 1.54) is 31.4 Å². The number of fused-ring (bicyclic) bond motifs is 2. The first-order chi connectivity index (χ1) is 12.2. The number of nitrogens with two attached hydrogens (primary N) is 1. The second kappa shape index (κ2) is 7.94. The van der Waals surface area contributed by atoms with E-state index >= 15 is 0 Å². The smallest absolute Gasteiger partial charge is 0.132 e. The van der Waals surface area contributed by atoms with Gasteiger partial charge in [0, 0.05) is 36.8 Å². The summed E-state index contributed by atoms with van der Waals surface area (Å²) in [5, 5.41) is 0. The molecule has 2 aromatic rings. The van der Waals surface area contributed by atoms with Crippen molar-refractivity contribution in [3.05, 3.63) is 53.5 Å². The van der Waals surface area contributed by atoms with Gasteiger partial charge in [-0.1, -0.05) is 24.3 Å². The molecule has 1 saturated carbocycles. The number of benzene rings is 1. The van der Waals surface area contributed by atoms with Crippen LogP contribution in [0.25, 0.3) is 0 Å². The highest BCUT2D eigenvalue weighted by Crippen LogP contribution is 2.46. The fourth-order valence-electron chi connectivity index (χ4n) is 5.11. The van der Waals surface area contributed by atoms with Crippen LogP contribution in [0.5, 0.6) is 0 Å². The molecule has 1 spiro atoms. The Labute approximate surface area is 173 Å². The van der Waals surface area contributed by atoms with Gasteiger partial charge in [-0.25, -0.2) is 9.97 Å². The molecule has 4 nitrogen and oxygen atoms in total. The summed E-state index contributed by atoms with van der Waals surface area (Å²) in [7, 11) is 0. The van der Waals surface area contributed by atoms with Crippen molar-refractivity contribution in [2.75, 3.05) is 18.0 Å². The Balaban J connectivity index is 0.00000105.